The van der Waals surface area contributed by atoms with E-state index in [-0.39, 0.29) is 28.4 Å². The lowest BCUT2D eigenvalue weighted by atomic mass is 10.1. The summed E-state index contributed by atoms with van der Waals surface area (Å²) in [4.78, 5) is 40.1. The lowest BCUT2D eigenvalue weighted by molar-refractivity contribution is -0.113. The van der Waals surface area contributed by atoms with Gasteiger partial charge in [0.1, 0.15) is 0 Å². The number of carbonyl (C=O) groups excluding carboxylic acids is 2. The van der Waals surface area contributed by atoms with Crippen molar-refractivity contribution < 1.29 is 9.59 Å². The molecule has 3 aromatic carbocycles. The second kappa shape index (κ2) is 10.6. The van der Waals surface area contributed by atoms with E-state index in [9.17, 15) is 14.4 Å². The topological polar surface area (TPSA) is 117 Å². The Kier molecular flexibility index (Phi) is 7.14. The molecule has 0 bridgehead atoms. The van der Waals surface area contributed by atoms with Crippen molar-refractivity contribution in [2.75, 3.05) is 16.4 Å². The minimum absolute atomic E-state index is 0.0571. The molecule has 34 heavy (non-hydrogen) atoms. The standard InChI is InChI=1S/C25H21N5O3S/c1-16-11-13-18(14-12-16)26-21(31)15-34-25-28-24(33)22(29-30-25)19-9-5-6-10-20(19)27-23(32)17-7-3-2-4-8-17/h2-14H,15H2,1H3,(H,26,31)(H,27,32)(H,28,30,33). The number of nitrogens with one attached hydrogen (secondary N) is 3. The number of H-pyrrole nitrogens is 1. The van der Waals surface area contributed by atoms with Crippen molar-refractivity contribution in [1.82, 2.24) is 15.2 Å². The van der Waals surface area contributed by atoms with Gasteiger partial charge in [-0.3, -0.25) is 19.4 Å². The molecule has 0 saturated heterocycles. The number of hydrogen-bond donors (Lipinski definition) is 3. The molecule has 1 heterocycles. The predicted molar refractivity (Wildman–Crippen MR) is 133 cm³/mol. The maximum atomic E-state index is 12.7. The lowest BCUT2D eigenvalue weighted by Crippen LogP contribution is -2.18. The smallest absolute Gasteiger partial charge is 0.278 e. The number of thioether (sulfide) groups is 1. The molecule has 0 aliphatic rings. The van der Waals surface area contributed by atoms with Gasteiger partial charge in [0.25, 0.3) is 11.5 Å². The summed E-state index contributed by atoms with van der Waals surface area (Å²) in [6, 6.07) is 23.1. The normalized spacial score (nSPS) is 10.5. The first-order valence-electron chi connectivity index (χ1n) is 10.4. The number of aryl methyl sites for hydroxylation is 1. The highest BCUT2D eigenvalue weighted by atomic mass is 32.2. The highest BCUT2D eigenvalue weighted by molar-refractivity contribution is 7.99. The summed E-state index contributed by atoms with van der Waals surface area (Å²) >= 11 is 1.07. The third kappa shape index (κ3) is 5.76. The molecule has 3 N–H and O–H groups in total. The predicted octanol–water partition coefficient (Wildman–Crippen LogP) is 4.12. The Hall–Kier alpha value is -4.24. The van der Waals surface area contributed by atoms with Gasteiger partial charge in [-0.25, -0.2) is 0 Å². The Morgan fingerprint density at radius 1 is 0.882 bits per heavy atom. The van der Waals surface area contributed by atoms with Crippen LogP contribution in [0.5, 0.6) is 0 Å². The Morgan fingerprint density at radius 2 is 1.59 bits per heavy atom. The van der Waals surface area contributed by atoms with Crippen LogP contribution >= 0.6 is 11.8 Å². The third-order valence-electron chi connectivity index (χ3n) is 4.82. The molecule has 9 heteroatoms. The quantitative estimate of drug-likeness (QED) is 0.349. The lowest BCUT2D eigenvalue weighted by Gasteiger charge is -2.10. The molecule has 0 unspecified atom stereocenters. The van der Waals surface area contributed by atoms with E-state index in [1.54, 1.807) is 48.5 Å². The number of benzene rings is 3. The summed E-state index contributed by atoms with van der Waals surface area (Å²) < 4.78 is 0. The SMILES string of the molecule is Cc1ccc(NC(=O)CSc2nnc(-c3ccccc3NC(=O)c3ccccc3)c(=O)[nH]2)cc1. The molecule has 0 saturated carbocycles. The summed E-state index contributed by atoms with van der Waals surface area (Å²) in [5.41, 5.74) is 2.76. The van der Waals surface area contributed by atoms with Crippen LogP contribution in [0.1, 0.15) is 15.9 Å². The fourth-order valence-corrected chi connectivity index (χ4v) is 3.72. The van der Waals surface area contributed by atoms with Gasteiger partial charge in [0, 0.05) is 16.8 Å². The number of aromatic nitrogens is 3. The molecule has 0 aliphatic heterocycles. The maximum Gasteiger partial charge on any atom is 0.278 e. The number of nitrogens with zero attached hydrogens (tertiary/aromatic N) is 2. The number of carbonyl (C=O) groups is 2. The van der Waals surface area contributed by atoms with Crippen molar-refractivity contribution in [3.8, 4) is 11.3 Å². The summed E-state index contributed by atoms with van der Waals surface area (Å²) in [7, 11) is 0. The number of aromatic amines is 1. The zero-order chi connectivity index (χ0) is 23.9. The Morgan fingerprint density at radius 3 is 2.32 bits per heavy atom. The van der Waals surface area contributed by atoms with Crippen LogP contribution in [-0.4, -0.2) is 32.7 Å². The molecule has 170 valence electrons. The molecule has 0 radical (unpaired) electrons. The minimum atomic E-state index is -0.474. The zero-order valence-corrected chi connectivity index (χ0v) is 19.1. The van der Waals surface area contributed by atoms with Crippen molar-refractivity contribution in [2.24, 2.45) is 0 Å². The molecule has 0 aliphatic carbocycles. The highest BCUT2D eigenvalue weighted by Crippen LogP contribution is 2.24. The first kappa shape index (κ1) is 22.9. The van der Waals surface area contributed by atoms with Crippen molar-refractivity contribution in [1.29, 1.82) is 0 Å². The van der Waals surface area contributed by atoms with Gasteiger partial charge in [-0.05, 0) is 37.3 Å². The molecule has 4 rings (SSSR count). The second-order valence-electron chi connectivity index (χ2n) is 7.38. The molecular weight excluding hydrogens is 450 g/mol. The van der Waals surface area contributed by atoms with Gasteiger partial charge in [-0.15, -0.1) is 10.2 Å². The van der Waals surface area contributed by atoms with Gasteiger partial charge in [0.2, 0.25) is 5.91 Å². The first-order chi connectivity index (χ1) is 16.5. The number of hydrogen-bond acceptors (Lipinski definition) is 6. The van der Waals surface area contributed by atoms with Crippen molar-refractivity contribution in [3.05, 3.63) is 100 Å². The van der Waals surface area contributed by atoms with E-state index in [1.807, 2.05) is 37.3 Å². The number of para-hydroxylation sites is 1. The van der Waals surface area contributed by atoms with E-state index in [0.717, 1.165) is 17.3 Å². The number of amides is 2. The van der Waals surface area contributed by atoms with Crippen molar-refractivity contribution in [2.45, 2.75) is 12.1 Å². The fraction of sp³-hybridized carbons (Fsp3) is 0.0800. The average Bonchev–Trinajstić information content (AvgIpc) is 2.85. The summed E-state index contributed by atoms with van der Waals surface area (Å²) in [6.07, 6.45) is 0. The molecule has 2 amide bonds. The molecule has 8 nitrogen and oxygen atoms in total. The minimum Gasteiger partial charge on any atom is -0.325 e. The molecule has 0 spiro atoms. The van der Waals surface area contributed by atoms with Crippen LogP contribution < -0.4 is 16.2 Å². The van der Waals surface area contributed by atoms with Crippen LogP contribution in [0.15, 0.2) is 88.8 Å². The van der Waals surface area contributed by atoms with E-state index in [0.29, 0.717) is 22.5 Å². The molecule has 4 aromatic rings. The largest absolute Gasteiger partial charge is 0.325 e. The Bertz CT molecular complexity index is 1370. The maximum absolute atomic E-state index is 12.7. The van der Waals surface area contributed by atoms with E-state index < -0.39 is 5.56 Å². The van der Waals surface area contributed by atoms with Crippen LogP contribution in [0.2, 0.25) is 0 Å². The van der Waals surface area contributed by atoms with E-state index >= 15 is 0 Å². The number of anilines is 2. The van der Waals surface area contributed by atoms with Crippen LogP contribution in [-0.2, 0) is 4.79 Å². The first-order valence-corrected chi connectivity index (χ1v) is 11.4. The number of rotatable bonds is 7. The van der Waals surface area contributed by atoms with E-state index in [1.165, 1.54) is 0 Å². The molecule has 0 fully saturated rings. The monoisotopic (exact) mass is 471 g/mol. The molecule has 1 aromatic heterocycles. The molecule has 0 atom stereocenters. The fourth-order valence-electron chi connectivity index (χ4n) is 3.11. The van der Waals surface area contributed by atoms with E-state index in [2.05, 4.69) is 25.8 Å². The van der Waals surface area contributed by atoms with Gasteiger partial charge < -0.3 is 10.6 Å². The molecular formula is C25H21N5O3S. The van der Waals surface area contributed by atoms with Gasteiger partial charge in [0.15, 0.2) is 10.9 Å². The summed E-state index contributed by atoms with van der Waals surface area (Å²) in [5.74, 6) is -0.472. The van der Waals surface area contributed by atoms with Gasteiger partial charge in [-0.2, -0.15) is 0 Å². The summed E-state index contributed by atoms with van der Waals surface area (Å²) in [6.45, 7) is 1.97. The third-order valence-corrected chi connectivity index (χ3v) is 5.68. The Balaban J connectivity index is 1.45. The summed E-state index contributed by atoms with van der Waals surface area (Å²) in [5, 5.41) is 13.9. The van der Waals surface area contributed by atoms with Crippen molar-refractivity contribution >= 4 is 35.0 Å². The highest BCUT2D eigenvalue weighted by Gasteiger charge is 2.15. The average molecular weight is 472 g/mol. The van der Waals surface area contributed by atoms with Crippen LogP contribution in [0.4, 0.5) is 11.4 Å². The zero-order valence-electron chi connectivity index (χ0n) is 18.2. The van der Waals surface area contributed by atoms with Crippen LogP contribution in [0, 0.1) is 6.92 Å². The van der Waals surface area contributed by atoms with Gasteiger partial charge in [-0.1, -0.05) is 65.9 Å². The Labute approximate surface area is 199 Å². The van der Waals surface area contributed by atoms with Gasteiger partial charge in [0.05, 0.1) is 11.4 Å². The second-order valence-corrected chi connectivity index (χ2v) is 8.34. The van der Waals surface area contributed by atoms with Crippen LogP contribution in [0.25, 0.3) is 11.3 Å². The van der Waals surface area contributed by atoms with Crippen LogP contribution in [0.3, 0.4) is 0 Å². The van der Waals surface area contributed by atoms with Gasteiger partial charge >= 0.3 is 0 Å². The van der Waals surface area contributed by atoms with E-state index in [4.69, 9.17) is 0 Å². The van der Waals surface area contributed by atoms with Crippen molar-refractivity contribution in [3.63, 3.8) is 0 Å².